The van der Waals surface area contributed by atoms with Gasteiger partial charge in [-0.05, 0) is 32.1 Å². The number of unbranched alkanes of at least 4 members (excludes halogenated alkanes) is 9. The van der Waals surface area contributed by atoms with Crippen LogP contribution in [-0.4, -0.2) is 75.5 Å². The molecule has 0 aliphatic carbocycles. The Hall–Kier alpha value is -3.23. The summed E-state index contributed by atoms with van der Waals surface area (Å²) in [6, 6.07) is -0.733. The van der Waals surface area contributed by atoms with Gasteiger partial charge in [0.1, 0.15) is 12.6 Å². The molecule has 0 aliphatic rings. The summed E-state index contributed by atoms with van der Waals surface area (Å²) >= 11 is 0. The second-order valence-corrected chi connectivity index (χ2v) is 12.9. The number of nitrogens with zero attached hydrogens (tertiary/aromatic N) is 1. The van der Waals surface area contributed by atoms with Crippen molar-refractivity contribution >= 4 is 17.9 Å². The number of allylic oxidation sites excluding steroid dienone is 12. The van der Waals surface area contributed by atoms with E-state index in [1.54, 1.807) is 21.1 Å². The fourth-order valence-electron chi connectivity index (χ4n) is 4.69. The average molecular weight is 672 g/mol. The maximum Gasteiger partial charge on any atom is 0.306 e. The Morgan fingerprint density at radius 3 is 1.73 bits per heavy atom. The highest BCUT2D eigenvalue weighted by Crippen LogP contribution is 2.12. The Labute approximate surface area is 291 Å². The monoisotopic (exact) mass is 671 g/mol. The Morgan fingerprint density at radius 1 is 0.646 bits per heavy atom. The first kappa shape index (κ1) is 44.8. The Kier molecular flexibility index (Phi) is 29.0. The number of carboxylic acids is 1. The average Bonchev–Trinajstić information content (AvgIpc) is 3.03. The first-order valence-electron chi connectivity index (χ1n) is 18.0. The maximum absolute atomic E-state index is 12.5. The lowest BCUT2D eigenvalue weighted by Gasteiger charge is -2.34. The lowest BCUT2D eigenvalue weighted by Crippen LogP contribution is -2.55. The molecule has 0 aromatic carbocycles. The second kappa shape index (κ2) is 31.1. The Balaban J connectivity index is 4.49. The summed E-state index contributed by atoms with van der Waals surface area (Å²) in [5.74, 6) is -1.81. The molecule has 0 spiro atoms. The molecule has 0 rings (SSSR count). The van der Waals surface area contributed by atoms with Gasteiger partial charge in [0.05, 0.1) is 40.3 Å². The summed E-state index contributed by atoms with van der Waals surface area (Å²) in [5.41, 5.74) is 0. The largest absolute Gasteiger partial charge is 0.544 e. The van der Waals surface area contributed by atoms with Gasteiger partial charge in [-0.3, -0.25) is 9.59 Å². The van der Waals surface area contributed by atoms with Gasteiger partial charge >= 0.3 is 11.9 Å². The number of aliphatic carboxylic acids is 1. The molecule has 0 aromatic heterocycles. The van der Waals surface area contributed by atoms with E-state index in [0.29, 0.717) is 12.8 Å². The normalized spacial score (nSPS) is 13.9. The molecule has 0 fully saturated rings. The molecule has 0 aliphatic heterocycles. The zero-order valence-electron chi connectivity index (χ0n) is 30.6. The number of carboxylic acid groups (broad SMARTS) is 1. The van der Waals surface area contributed by atoms with Crippen LogP contribution in [-0.2, 0) is 28.6 Å². The van der Waals surface area contributed by atoms with E-state index >= 15 is 0 Å². The van der Waals surface area contributed by atoms with E-state index in [4.69, 9.17) is 14.2 Å². The van der Waals surface area contributed by atoms with Crippen LogP contribution in [0, 0.1) is 0 Å². The van der Waals surface area contributed by atoms with Crippen molar-refractivity contribution in [1.82, 2.24) is 0 Å². The molecule has 8 heteroatoms. The molecular weight excluding hydrogens is 606 g/mol. The van der Waals surface area contributed by atoms with Gasteiger partial charge in [0, 0.05) is 19.3 Å². The topological polar surface area (TPSA) is 102 Å². The van der Waals surface area contributed by atoms with Crippen molar-refractivity contribution in [3.8, 4) is 0 Å². The zero-order valence-corrected chi connectivity index (χ0v) is 30.6. The molecule has 0 saturated carbocycles. The number of quaternary nitrogens is 1. The number of hydrogen-bond donors (Lipinski definition) is 0. The molecule has 2 atom stereocenters. The Morgan fingerprint density at radius 2 is 1.17 bits per heavy atom. The van der Waals surface area contributed by atoms with E-state index < -0.39 is 18.1 Å². The first-order chi connectivity index (χ1) is 23.1. The van der Waals surface area contributed by atoms with Gasteiger partial charge < -0.3 is 28.6 Å². The SMILES string of the molecule is CC/C=C/C=C/C=C/C=C/C=C/C=C/CCCCCC(=O)OCC(COCCC(C(=O)[O-])[N+](C)(C)C)OC(=O)CCCCCCCCC. The minimum absolute atomic E-state index is 0.0223. The van der Waals surface area contributed by atoms with E-state index in [1.165, 1.54) is 25.7 Å². The molecule has 0 aromatic rings. The second-order valence-electron chi connectivity index (χ2n) is 12.9. The Bertz CT molecular complexity index is 1020. The first-order valence-corrected chi connectivity index (χ1v) is 18.0. The zero-order chi connectivity index (χ0) is 35.7. The molecule has 2 unspecified atom stereocenters. The van der Waals surface area contributed by atoms with Crippen molar-refractivity contribution in [2.75, 3.05) is 41.0 Å². The van der Waals surface area contributed by atoms with Crippen molar-refractivity contribution in [2.45, 2.75) is 122 Å². The molecule has 0 saturated heterocycles. The van der Waals surface area contributed by atoms with Crippen molar-refractivity contribution in [3.63, 3.8) is 0 Å². The number of rotatable bonds is 30. The summed E-state index contributed by atoms with van der Waals surface area (Å²) in [4.78, 5) is 36.4. The smallest absolute Gasteiger partial charge is 0.306 e. The van der Waals surface area contributed by atoms with Crippen LogP contribution >= 0.6 is 0 Å². The lowest BCUT2D eigenvalue weighted by molar-refractivity contribution is -0.889. The summed E-state index contributed by atoms with van der Waals surface area (Å²) in [5, 5.41) is 11.5. The van der Waals surface area contributed by atoms with Gasteiger partial charge in [-0.25, -0.2) is 0 Å². The molecule has 48 heavy (non-hydrogen) atoms. The van der Waals surface area contributed by atoms with Gasteiger partial charge in [0.15, 0.2) is 6.10 Å². The fourth-order valence-corrected chi connectivity index (χ4v) is 4.69. The summed E-state index contributed by atoms with van der Waals surface area (Å²) in [7, 11) is 5.36. The van der Waals surface area contributed by atoms with Crippen LogP contribution in [0.5, 0.6) is 0 Å². The maximum atomic E-state index is 12.5. The molecule has 272 valence electrons. The molecule has 0 heterocycles. The van der Waals surface area contributed by atoms with Crippen molar-refractivity contribution in [1.29, 1.82) is 0 Å². The van der Waals surface area contributed by atoms with Gasteiger partial charge in [-0.1, -0.05) is 132 Å². The predicted molar refractivity (Wildman–Crippen MR) is 194 cm³/mol. The highest BCUT2D eigenvalue weighted by Gasteiger charge is 2.25. The van der Waals surface area contributed by atoms with E-state index in [2.05, 4.69) is 26.0 Å². The van der Waals surface area contributed by atoms with Crippen LogP contribution in [0.15, 0.2) is 72.9 Å². The third kappa shape index (κ3) is 29.0. The van der Waals surface area contributed by atoms with Gasteiger partial charge in [-0.15, -0.1) is 0 Å². The predicted octanol–water partition coefficient (Wildman–Crippen LogP) is 7.51. The number of ether oxygens (including phenoxy) is 3. The van der Waals surface area contributed by atoms with Crippen LogP contribution in [0.25, 0.3) is 0 Å². The van der Waals surface area contributed by atoms with Crippen LogP contribution in [0.3, 0.4) is 0 Å². The molecular formula is C40H65NO7. The van der Waals surface area contributed by atoms with Crippen molar-refractivity contribution in [3.05, 3.63) is 72.9 Å². The summed E-state index contributed by atoms with van der Waals surface area (Å²) in [6.45, 7) is 4.38. The van der Waals surface area contributed by atoms with E-state index in [0.717, 1.165) is 51.4 Å². The number of hydrogen-bond acceptors (Lipinski definition) is 7. The molecule has 0 bridgehead atoms. The molecule has 0 amide bonds. The highest BCUT2D eigenvalue weighted by molar-refractivity contribution is 5.70. The van der Waals surface area contributed by atoms with E-state index in [-0.39, 0.29) is 42.7 Å². The lowest BCUT2D eigenvalue weighted by atomic mass is 10.1. The van der Waals surface area contributed by atoms with E-state index in [9.17, 15) is 19.5 Å². The van der Waals surface area contributed by atoms with Gasteiger partial charge in [0.2, 0.25) is 0 Å². The third-order valence-corrected chi connectivity index (χ3v) is 7.52. The van der Waals surface area contributed by atoms with Crippen LogP contribution in [0.2, 0.25) is 0 Å². The number of likely N-dealkylation sites (N-methyl/N-ethyl adjacent to an activating group) is 1. The van der Waals surface area contributed by atoms with Gasteiger partial charge in [-0.2, -0.15) is 0 Å². The van der Waals surface area contributed by atoms with Crippen LogP contribution in [0.4, 0.5) is 0 Å². The fraction of sp³-hybridized carbons (Fsp3) is 0.625. The van der Waals surface area contributed by atoms with Crippen molar-refractivity contribution < 1.29 is 38.2 Å². The molecule has 0 radical (unpaired) electrons. The number of carbonyl (C=O) groups is 3. The number of esters is 2. The molecule has 0 N–H and O–H groups in total. The quantitative estimate of drug-likeness (QED) is 0.0337. The van der Waals surface area contributed by atoms with E-state index in [1.807, 2.05) is 60.8 Å². The summed E-state index contributed by atoms with van der Waals surface area (Å²) < 4.78 is 16.9. The number of carbonyl (C=O) groups excluding carboxylic acids is 3. The minimum atomic E-state index is -1.14. The highest BCUT2D eigenvalue weighted by atomic mass is 16.6. The molecule has 8 nitrogen and oxygen atoms in total. The minimum Gasteiger partial charge on any atom is -0.544 e. The van der Waals surface area contributed by atoms with Gasteiger partial charge in [0.25, 0.3) is 0 Å². The summed E-state index contributed by atoms with van der Waals surface area (Å²) in [6.07, 6.45) is 36.5. The van der Waals surface area contributed by atoms with Crippen molar-refractivity contribution in [2.24, 2.45) is 0 Å². The third-order valence-electron chi connectivity index (χ3n) is 7.52. The van der Waals surface area contributed by atoms with Crippen LogP contribution < -0.4 is 5.11 Å². The standard InChI is InChI=1S/C40H65NO7/c1-6-8-10-12-14-15-16-17-18-19-20-21-22-23-25-26-28-30-38(42)47-35-36(34-46-33-32-37(40(44)45)41(3,4)5)48-39(43)31-29-27-24-13-11-9-7-2/h8,10,12,14-22,36-37H,6-7,9,11,13,23-35H2,1-5H3/b10-8+,14-12+,16-15+,18-17+,20-19+,22-21+. The van der Waals surface area contributed by atoms with Crippen LogP contribution in [0.1, 0.15) is 110 Å².